The first kappa shape index (κ1) is 14.1. The number of anilines is 1. The lowest BCUT2D eigenvalue weighted by molar-refractivity contribution is -0.925. The van der Waals surface area contributed by atoms with Crippen molar-refractivity contribution in [3.05, 3.63) is 41.5 Å². The van der Waals surface area contributed by atoms with Crippen LogP contribution in [0.15, 0.2) is 35.9 Å². The number of likely N-dealkylation sites (N-methyl/N-ethyl adjacent to an activating group) is 1. The molecular weight excluding hydrogens is 284 g/mol. The van der Waals surface area contributed by atoms with Gasteiger partial charge in [-0.05, 0) is 30.0 Å². The predicted molar refractivity (Wildman–Crippen MR) is 92.3 cm³/mol. The van der Waals surface area contributed by atoms with Crippen molar-refractivity contribution in [1.29, 1.82) is 0 Å². The van der Waals surface area contributed by atoms with Gasteiger partial charge in [0, 0.05) is 37.1 Å². The Morgan fingerprint density at radius 3 is 3.00 bits per heavy atom. The normalized spacial score (nSPS) is 48.0. The second-order valence-electron chi connectivity index (χ2n) is 8.39. The molecule has 2 saturated heterocycles. The Hall–Kier alpha value is -1.32. The van der Waals surface area contributed by atoms with Crippen LogP contribution in [0.3, 0.4) is 0 Å². The maximum Gasteiger partial charge on any atom is 0.102 e. The zero-order valence-corrected chi connectivity index (χ0v) is 14.1. The zero-order valence-electron chi connectivity index (χ0n) is 14.1. The molecule has 23 heavy (non-hydrogen) atoms. The molecule has 1 saturated carbocycles. The summed E-state index contributed by atoms with van der Waals surface area (Å²) in [6.07, 6.45) is 4.83. The van der Waals surface area contributed by atoms with E-state index in [0.717, 1.165) is 0 Å². The molecule has 2 bridgehead atoms. The molecular formula is C20H27N2O+. The minimum Gasteiger partial charge on any atom is -0.396 e. The molecule has 1 aliphatic carbocycles. The standard InChI is InChI=1S/C20H27N2O/c1-3-13-11-22(2)9-8-20-16-6-4-5-7-17(16)21-19(20)15(12-23)14(13)10-18(20)22/h3-7,14-15,18-19,21,23H,8-12H2,1-2H3/q+1/t14-,15-,18+,19-,20+,22?/m0/s1. The Bertz CT molecular complexity index is 699. The number of nitrogens with one attached hydrogen (secondary N) is 1. The quantitative estimate of drug-likeness (QED) is 0.617. The first-order valence-corrected chi connectivity index (χ1v) is 9.10. The lowest BCUT2D eigenvalue weighted by Crippen LogP contribution is -2.67. The van der Waals surface area contributed by atoms with Gasteiger partial charge in [-0.15, -0.1) is 0 Å². The van der Waals surface area contributed by atoms with Crippen molar-refractivity contribution in [3.8, 4) is 0 Å². The number of allylic oxidation sites excluding steroid dienone is 1. The molecule has 3 fully saturated rings. The van der Waals surface area contributed by atoms with E-state index in [1.54, 1.807) is 5.57 Å². The van der Waals surface area contributed by atoms with Crippen molar-refractivity contribution in [2.75, 3.05) is 32.1 Å². The summed E-state index contributed by atoms with van der Waals surface area (Å²) in [5, 5.41) is 14.1. The maximum atomic E-state index is 10.3. The van der Waals surface area contributed by atoms with Crippen LogP contribution in [0.1, 0.15) is 25.3 Å². The average molecular weight is 311 g/mol. The Balaban J connectivity index is 1.74. The first-order valence-electron chi connectivity index (χ1n) is 9.10. The van der Waals surface area contributed by atoms with Crippen LogP contribution in [-0.2, 0) is 5.41 Å². The van der Waals surface area contributed by atoms with E-state index in [0.29, 0.717) is 30.5 Å². The molecule has 0 radical (unpaired) electrons. The number of hydrogen-bond acceptors (Lipinski definition) is 2. The van der Waals surface area contributed by atoms with Gasteiger partial charge in [0.1, 0.15) is 12.6 Å². The van der Waals surface area contributed by atoms with Gasteiger partial charge in [-0.1, -0.05) is 24.3 Å². The molecule has 1 unspecified atom stereocenters. The number of benzene rings is 1. The van der Waals surface area contributed by atoms with Crippen molar-refractivity contribution < 1.29 is 9.59 Å². The SMILES string of the molecule is CC=C1C[N+]2(C)CC[C@]34c5ccccc5N[C@H]3[C@@H](CO)[C@H]1C[C@H]42. The van der Waals surface area contributed by atoms with E-state index in [2.05, 4.69) is 49.6 Å². The Morgan fingerprint density at radius 1 is 1.39 bits per heavy atom. The third-order valence-corrected chi connectivity index (χ3v) is 7.70. The van der Waals surface area contributed by atoms with Crippen molar-refractivity contribution in [3.63, 3.8) is 0 Å². The van der Waals surface area contributed by atoms with Crippen LogP contribution in [0.4, 0.5) is 5.69 Å². The number of aliphatic hydroxyl groups excluding tert-OH is 1. The van der Waals surface area contributed by atoms with Gasteiger partial charge in [0.15, 0.2) is 0 Å². The number of hydrogen-bond donors (Lipinski definition) is 2. The first-order chi connectivity index (χ1) is 11.1. The molecule has 3 aliphatic heterocycles. The van der Waals surface area contributed by atoms with Crippen LogP contribution >= 0.6 is 0 Å². The van der Waals surface area contributed by atoms with Crippen LogP contribution in [-0.4, -0.2) is 48.4 Å². The molecule has 0 aromatic heterocycles. The van der Waals surface area contributed by atoms with Crippen LogP contribution in [0.2, 0.25) is 0 Å². The van der Waals surface area contributed by atoms with Crippen molar-refractivity contribution >= 4 is 5.69 Å². The number of rotatable bonds is 1. The summed E-state index contributed by atoms with van der Waals surface area (Å²) in [7, 11) is 2.47. The molecule has 1 spiro atoms. The number of fused-ring (bicyclic) bond motifs is 2. The van der Waals surface area contributed by atoms with Gasteiger partial charge in [0.25, 0.3) is 0 Å². The van der Waals surface area contributed by atoms with Gasteiger partial charge in [0.05, 0.1) is 19.0 Å². The fraction of sp³-hybridized carbons (Fsp3) is 0.600. The minimum absolute atomic E-state index is 0.231. The fourth-order valence-electron chi connectivity index (χ4n) is 6.76. The van der Waals surface area contributed by atoms with Crippen LogP contribution < -0.4 is 5.32 Å². The number of piperidine rings is 1. The molecule has 3 heteroatoms. The van der Waals surface area contributed by atoms with Crippen molar-refractivity contribution in [2.45, 2.75) is 37.3 Å². The zero-order chi connectivity index (χ0) is 15.8. The molecule has 5 rings (SSSR count). The third kappa shape index (κ3) is 1.49. The Kier molecular flexibility index (Phi) is 2.69. The molecule has 2 N–H and O–H groups in total. The highest BCUT2D eigenvalue weighted by molar-refractivity contribution is 5.64. The molecule has 3 nitrogen and oxygen atoms in total. The summed E-state index contributed by atoms with van der Waals surface area (Å²) in [6.45, 7) is 4.93. The van der Waals surface area contributed by atoms with Gasteiger partial charge in [0.2, 0.25) is 0 Å². The smallest absolute Gasteiger partial charge is 0.102 e. The Labute approximate surface area is 138 Å². The van der Waals surface area contributed by atoms with Gasteiger partial charge in [-0.2, -0.15) is 0 Å². The van der Waals surface area contributed by atoms with Crippen molar-refractivity contribution in [1.82, 2.24) is 0 Å². The van der Waals surface area contributed by atoms with E-state index >= 15 is 0 Å². The molecule has 4 aliphatic rings. The highest BCUT2D eigenvalue weighted by Gasteiger charge is 2.70. The van der Waals surface area contributed by atoms with Crippen LogP contribution in [0.5, 0.6) is 0 Å². The van der Waals surface area contributed by atoms with Gasteiger partial charge >= 0.3 is 0 Å². The maximum absolute atomic E-state index is 10.3. The van der Waals surface area contributed by atoms with E-state index in [1.807, 2.05) is 0 Å². The van der Waals surface area contributed by atoms with E-state index in [4.69, 9.17) is 0 Å². The number of nitrogens with zero attached hydrogens (tertiary/aromatic N) is 1. The fourth-order valence-corrected chi connectivity index (χ4v) is 6.76. The van der Waals surface area contributed by atoms with E-state index < -0.39 is 0 Å². The topological polar surface area (TPSA) is 32.3 Å². The number of aliphatic hydroxyl groups is 1. The van der Waals surface area contributed by atoms with Crippen molar-refractivity contribution in [2.24, 2.45) is 11.8 Å². The highest BCUT2D eigenvalue weighted by atomic mass is 16.3. The molecule has 1 aromatic carbocycles. The molecule has 3 heterocycles. The monoisotopic (exact) mass is 311 g/mol. The van der Waals surface area contributed by atoms with Gasteiger partial charge < -0.3 is 14.9 Å². The summed E-state index contributed by atoms with van der Waals surface area (Å²) in [5.74, 6) is 0.899. The summed E-state index contributed by atoms with van der Waals surface area (Å²) in [6, 6.07) is 10.0. The average Bonchev–Trinajstić information content (AvgIpc) is 3.08. The van der Waals surface area contributed by atoms with Crippen LogP contribution in [0.25, 0.3) is 0 Å². The van der Waals surface area contributed by atoms with Gasteiger partial charge in [-0.3, -0.25) is 0 Å². The largest absolute Gasteiger partial charge is 0.396 e. The second-order valence-corrected chi connectivity index (χ2v) is 8.39. The molecule has 0 amide bonds. The van der Waals surface area contributed by atoms with E-state index in [1.165, 1.54) is 41.7 Å². The minimum atomic E-state index is 0.231. The summed E-state index contributed by atoms with van der Waals surface area (Å²) >= 11 is 0. The number of para-hydroxylation sites is 1. The lowest BCUT2D eigenvalue weighted by Gasteiger charge is -2.56. The highest BCUT2D eigenvalue weighted by Crippen LogP contribution is 2.62. The van der Waals surface area contributed by atoms with Crippen LogP contribution in [0, 0.1) is 11.8 Å². The van der Waals surface area contributed by atoms with E-state index in [9.17, 15) is 5.11 Å². The molecule has 6 atom stereocenters. The Morgan fingerprint density at radius 2 is 2.22 bits per heavy atom. The summed E-state index contributed by atoms with van der Waals surface area (Å²) in [4.78, 5) is 0. The lowest BCUT2D eigenvalue weighted by atomic mass is 9.55. The molecule has 1 aromatic rings. The van der Waals surface area contributed by atoms with E-state index in [-0.39, 0.29) is 5.41 Å². The summed E-state index contributed by atoms with van der Waals surface area (Å²) in [5.41, 5.74) is 4.65. The third-order valence-electron chi connectivity index (χ3n) is 7.70. The summed E-state index contributed by atoms with van der Waals surface area (Å²) < 4.78 is 1.20. The number of quaternary nitrogens is 1. The predicted octanol–water partition coefficient (Wildman–Crippen LogP) is 2.53. The van der Waals surface area contributed by atoms with Gasteiger partial charge in [-0.25, -0.2) is 0 Å². The molecule has 122 valence electrons. The second kappa shape index (κ2) is 4.40.